The average molecular weight is 1180 g/mol. The average Bonchev–Trinajstić information content (AvgIpc) is 3.86. The quantitative estimate of drug-likeness (QED) is 0.145. The fraction of sp³-hybridized carbons (Fsp3) is 0.611. The van der Waals surface area contributed by atoms with Crippen LogP contribution < -0.4 is 30.3 Å². The van der Waals surface area contributed by atoms with Gasteiger partial charge in [0.05, 0.1) is 23.8 Å². The number of amides is 2. The highest BCUT2D eigenvalue weighted by Gasteiger charge is 2.97. The molecule has 0 radical (unpaired) electrons. The summed E-state index contributed by atoms with van der Waals surface area (Å²) in [6.45, 7) is -4.56. The maximum absolute atomic E-state index is 14.0. The molecular weight excluding hydrogens is 1160 g/mol. The highest BCUT2D eigenvalue weighted by Crippen LogP contribution is 2.66. The van der Waals surface area contributed by atoms with Crippen molar-refractivity contribution < 1.29 is 160 Å². The molecule has 40 heteroatoms. The molecule has 0 bridgehead atoms. The summed E-state index contributed by atoms with van der Waals surface area (Å²) in [6.07, 6.45) is -23.9. The van der Waals surface area contributed by atoms with Gasteiger partial charge >= 0.3 is 89.3 Å². The second-order valence-electron chi connectivity index (χ2n) is 15.7. The highest BCUT2D eigenvalue weighted by atomic mass is 19.4. The number of hydrazine groups is 2. The second-order valence-corrected chi connectivity index (χ2v) is 15.7. The van der Waals surface area contributed by atoms with E-state index in [4.69, 9.17) is 0 Å². The number of alkyl halides is 32. The summed E-state index contributed by atoms with van der Waals surface area (Å²) in [7, 11) is 0. The van der Waals surface area contributed by atoms with Crippen molar-refractivity contribution in [2.45, 2.75) is 115 Å². The number of nitrogens with zero attached hydrogens (tertiary/aromatic N) is 2. The van der Waals surface area contributed by atoms with Crippen LogP contribution in [0.25, 0.3) is 0 Å². The van der Waals surface area contributed by atoms with Crippen LogP contribution in [-0.2, 0) is 9.59 Å². The summed E-state index contributed by atoms with van der Waals surface area (Å²) in [6, 6.07) is 6.71. The topological polar surface area (TPSA) is 83.1 Å². The minimum Gasteiger partial charge on any atom is -0.487 e. The van der Waals surface area contributed by atoms with Crippen LogP contribution in [-0.4, -0.2) is 127 Å². The van der Waals surface area contributed by atoms with Gasteiger partial charge in [-0.05, 0) is 31.2 Å². The molecule has 2 saturated heterocycles. The van der Waals surface area contributed by atoms with Crippen LogP contribution in [0.3, 0.4) is 0 Å². The second kappa shape index (κ2) is 19.7. The van der Waals surface area contributed by atoms with E-state index in [1.54, 1.807) is 0 Å². The first-order valence-electron chi connectivity index (χ1n) is 19.2. The molecule has 0 saturated carbocycles. The van der Waals surface area contributed by atoms with E-state index in [2.05, 4.69) is 20.3 Å². The van der Waals surface area contributed by atoms with Crippen LogP contribution in [0.4, 0.5) is 152 Å². The number of carbonyl (C=O) groups is 2. The van der Waals surface area contributed by atoms with E-state index in [1.807, 2.05) is 0 Å². The van der Waals surface area contributed by atoms with E-state index in [0.717, 1.165) is 34.3 Å². The number of hydrogen-bond acceptors (Lipinski definition) is 6. The molecule has 4 rings (SSSR count). The molecule has 0 aromatic heterocycles. The highest BCUT2D eigenvalue weighted by molar-refractivity contribution is 5.82. The van der Waals surface area contributed by atoms with Crippen LogP contribution in [0.5, 0.6) is 11.5 Å². The normalized spacial score (nSPS) is 17.8. The first-order chi connectivity index (χ1) is 33.5. The van der Waals surface area contributed by atoms with Crippen molar-refractivity contribution in [2.75, 3.05) is 29.8 Å². The first-order valence-corrected chi connectivity index (χ1v) is 19.2. The predicted molar refractivity (Wildman–Crippen MR) is 185 cm³/mol. The Kier molecular flexibility index (Phi) is 16.7. The van der Waals surface area contributed by atoms with Gasteiger partial charge in [0.2, 0.25) is 11.8 Å². The lowest BCUT2D eigenvalue weighted by atomic mass is 9.86. The van der Waals surface area contributed by atoms with Crippen molar-refractivity contribution in [3.63, 3.8) is 0 Å². The van der Waals surface area contributed by atoms with Crippen molar-refractivity contribution in [3.05, 3.63) is 48.5 Å². The smallest absolute Gasteiger partial charge is 0.460 e. The Labute approximate surface area is 399 Å². The van der Waals surface area contributed by atoms with Crippen molar-refractivity contribution >= 4 is 23.2 Å². The van der Waals surface area contributed by atoms with Gasteiger partial charge in [0.25, 0.3) is 0 Å². The Bertz CT molecular complexity index is 2390. The molecule has 2 heterocycles. The molecule has 76 heavy (non-hydrogen) atoms. The Hall–Kier alpha value is -5.66. The first kappa shape index (κ1) is 64.6. The number of rotatable bonds is 18. The zero-order chi connectivity index (χ0) is 59.7. The van der Waals surface area contributed by atoms with E-state index >= 15 is 0 Å². The molecule has 2 amide bonds. The molecule has 2 N–H and O–H groups in total. The molecule has 2 aromatic carbocycles. The zero-order valence-electron chi connectivity index (χ0n) is 35.9. The van der Waals surface area contributed by atoms with E-state index in [0.29, 0.717) is 12.1 Å². The van der Waals surface area contributed by atoms with Gasteiger partial charge in [-0.15, -0.1) is 0 Å². The maximum atomic E-state index is 14.0. The molecule has 0 spiro atoms. The van der Waals surface area contributed by atoms with Gasteiger partial charge in [-0.25, -0.2) is 4.39 Å². The maximum Gasteiger partial charge on any atom is 0.460 e. The van der Waals surface area contributed by atoms with Gasteiger partial charge < -0.3 is 9.47 Å². The fourth-order valence-electron chi connectivity index (χ4n) is 5.99. The van der Waals surface area contributed by atoms with Crippen molar-refractivity contribution in [2.24, 2.45) is 0 Å². The third kappa shape index (κ3) is 10.4. The lowest BCUT2D eigenvalue weighted by molar-refractivity contribution is -0.462. The number of halogens is 32. The molecule has 2 fully saturated rings. The third-order valence-corrected chi connectivity index (χ3v) is 10.3. The van der Waals surface area contributed by atoms with Gasteiger partial charge in [-0.1, -0.05) is 12.1 Å². The minimum absolute atomic E-state index is 0.0238. The number of hydrogen-bond donors (Lipinski definition) is 2. The molecule has 1 atom stereocenters. The number of anilines is 2. The monoisotopic (exact) mass is 1180 g/mol. The fourth-order valence-corrected chi connectivity index (χ4v) is 5.99. The Balaban J connectivity index is 0.000000401. The van der Waals surface area contributed by atoms with Crippen LogP contribution in [0.2, 0.25) is 0 Å². The van der Waals surface area contributed by atoms with Gasteiger partial charge in [0.1, 0.15) is 11.5 Å². The van der Waals surface area contributed by atoms with E-state index < -0.39 is 132 Å². The summed E-state index contributed by atoms with van der Waals surface area (Å²) in [5.74, 6) is -90.8. The number of ether oxygens (including phenoxy) is 2. The molecule has 2 aliphatic rings. The van der Waals surface area contributed by atoms with Crippen LogP contribution in [0.1, 0.15) is 19.8 Å². The molecular formula is C36H24F32N4O4. The van der Waals surface area contributed by atoms with E-state index in [-0.39, 0.29) is 30.8 Å². The molecule has 2 aliphatic heterocycles. The van der Waals surface area contributed by atoms with Crippen molar-refractivity contribution in [1.29, 1.82) is 0 Å². The zero-order valence-corrected chi connectivity index (χ0v) is 35.9. The molecule has 1 unspecified atom stereocenters. The summed E-state index contributed by atoms with van der Waals surface area (Å²) >= 11 is 0. The molecule has 2 aromatic rings. The van der Waals surface area contributed by atoms with Gasteiger partial charge in [-0.3, -0.25) is 30.5 Å². The Morgan fingerprint density at radius 3 is 1.14 bits per heavy atom. The summed E-state index contributed by atoms with van der Waals surface area (Å²) < 4.78 is 433. The summed E-state index contributed by atoms with van der Waals surface area (Å²) in [4.78, 5) is 22.6. The largest absolute Gasteiger partial charge is 0.487 e. The van der Waals surface area contributed by atoms with Crippen LogP contribution in [0.15, 0.2) is 48.5 Å². The Morgan fingerprint density at radius 2 is 0.803 bits per heavy atom. The van der Waals surface area contributed by atoms with Crippen molar-refractivity contribution in [3.8, 4) is 11.5 Å². The Morgan fingerprint density at radius 1 is 0.447 bits per heavy atom. The SMILES string of the molecule is CC1CC(=O)NN1c1cccc(OCC(F)(F)C(F)(F)C(F)(F)C(F)(F)C(F)(C(F)(F)F)C(F)(F)F)c1.O=C1CCN(c2cccc(OCC(F)(F)C(F)(F)C(F)(F)C(F)(F)C(F)(F)C(F)(F)C(F)(F)C(F)(F)F)c2)N1. The number of benzene rings is 2. The van der Waals surface area contributed by atoms with Gasteiger partial charge in [0, 0.05) is 25.1 Å². The van der Waals surface area contributed by atoms with E-state index in [1.165, 1.54) is 19.1 Å². The van der Waals surface area contributed by atoms with E-state index in [9.17, 15) is 150 Å². The minimum atomic E-state index is -8.68. The molecule has 436 valence electrons. The van der Waals surface area contributed by atoms with Crippen LogP contribution >= 0.6 is 0 Å². The number of nitrogens with one attached hydrogen (secondary N) is 2. The summed E-state index contributed by atoms with van der Waals surface area (Å²) in [5, 5.41) is 2.18. The van der Waals surface area contributed by atoms with Crippen LogP contribution in [0, 0.1) is 0 Å². The molecule has 0 aliphatic carbocycles. The third-order valence-electron chi connectivity index (χ3n) is 10.3. The van der Waals surface area contributed by atoms with Gasteiger partial charge in [0.15, 0.2) is 13.2 Å². The summed E-state index contributed by atoms with van der Waals surface area (Å²) in [5.41, 5.74) is -3.98. The van der Waals surface area contributed by atoms with Gasteiger partial charge in [-0.2, -0.15) is 136 Å². The molecule has 8 nitrogen and oxygen atoms in total. The van der Waals surface area contributed by atoms with Crippen molar-refractivity contribution in [1.82, 2.24) is 10.9 Å². The predicted octanol–water partition coefficient (Wildman–Crippen LogP) is 12.4. The lowest BCUT2D eigenvalue weighted by Gasteiger charge is -2.43. The lowest BCUT2D eigenvalue weighted by Crippen LogP contribution is -2.75. The number of carbonyl (C=O) groups excluding carboxylic acids is 2. The standard InChI is InChI=1S/C18H11F17N2O2.C18H13F15N2O2/c19-11(20,7-39-9-3-1-2-8(6-9)37-5-4-10(38)36-37)12(21,22)13(23,24)14(25,26)15(27,28)16(29,30)17(31,32)18(33,34)35;1-8-5-11(36)34-35(8)9-3-2-4-10(6-9)37-7-12(19,20)14(22,23)16(26,27)15(24,25)13(21,17(28,29)30)18(31,32)33/h1-3,6H,4-5,7H2,(H,36,38);2-4,6,8H,5,7H2,1H3,(H,34,36).